The first-order chi connectivity index (χ1) is 11.1. The Morgan fingerprint density at radius 1 is 0.957 bits per heavy atom. The van der Waals surface area contributed by atoms with Crippen LogP contribution in [0.3, 0.4) is 0 Å². The molecule has 0 unspecified atom stereocenters. The maximum Gasteiger partial charge on any atom is 0.333 e. The molecule has 0 aliphatic heterocycles. The molecular formula is C19H20O2S2. The van der Waals surface area contributed by atoms with E-state index in [-0.39, 0.29) is 12.1 Å². The molecule has 0 aliphatic carbocycles. The predicted octanol–water partition coefficient (Wildman–Crippen LogP) is 5.06. The van der Waals surface area contributed by atoms with Crippen molar-refractivity contribution in [2.24, 2.45) is 0 Å². The van der Waals surface area contributed by atoms with Gasteiger partial charge in [0.15, 0.2) is 0 Å². The highest BCUT2D eigenvalue weighted by atomic mass is 32.2. The van der Waals surface area contributed by atoms with Gasteiger partial charge in [0.25, 0.3) is 0 Å². The van der Waals surface area contributed by atoms with Gasteiger partial charge in [-0.05, 0) is 31.2 Å². The van der Waals surface area contributed by atoms with Gasteiger partial charge in [-0.1, -0.05) is 43.0 Å². The van der Waals surface area contributed by atoms with Crippen molar-refractivity contribution in [1.29, 1.82) is 0 Å². The highest BCUT2D eigenvalue weighted by molar-refractivity contribution is 8.00. The number of hydrogen-bond acceptors (Lipinski definition) is 4. The van der Waals surface area contributed by atoms with Gasteiger partial charge in [0.05, 0.1) is 0 Å². The molecule has 120 valence electrons. The number of benzene rings is 2. The van der Waals surface area contributed by atoms with Crippen LogP contribution in [0, 0.1) is 0 Å². The summed E-state index contributed by atoms with van der Waals surface area (Å²) in [5.41, 5.74) is 0.435. The molecule has 0 aliphatic rings. The Kier molecular flexibility index (Phi) is 7.30. The maximum absolute atomic E-state index is 11.8. The molecule has 2 rings (SSSR count). The van der Waals surface area contributed by atoms with Crippen LogP contribution in [-0.2, 0) is 9.53 Å². The molecule has 2 aromatic rings. The number of carbonyl (C=O) groups is 1. The lowest BCUT2D eigenvalue weighted by Gasteiger charge is -2.17. The largest absolute Gasteiger partial charge is 0.457 e. The maximum atomic E-state index is 11.8. The number of ether oxygens (including phenoxy) is 1. The zero-order chi connectivity index (χ0) is 16.5. The van der Waals surface area contributed by atoms with Crippen molar-refractivity contribution in [3.05, 3.63) is 72.8 Å². The van der Waals surface area contributed by atoms with Crippen LogP contribution < -0.4 is 0 Å². The van der Waals surface area contributed by atoms with Crippen molar-refractivity contribution in [3.63, 3.8) is 0 Å². The molecule has 0 aromatic heterocycles. The fourth-order valence-corrected chi connectivity index (χ4v) is 3.76. The Hall–Kier alpha value is -1.65. The van der Waals surface area contributed by atoms with Gasteiger partial charge in [0.1, 0.15) is 6.10 Å². The van der Waals surface area contributed by atoms with E-state index < -0.39 is 0 Å². The zero-order valence-corrected chi connectivity index (χ0v) is 14.7. The highest BCUT2D eigenvalue weighted by Gasteiger charge is 2.16. The summed E-state index contributed by atoms with van der Waals surface area (Å²) in [4.78, 5) is 14.2. The molecule has 0 N–H and O–H groups in total. The Morgan fingerprint density at radius 2 is 1.39 bits per heavy atom. The SMILES string of the molecule is C=C(C)C(=O)OC(CSc1ccccc1)CSc1ccccc1. The van der Waals surface area contributed by atoms with Crippen LogP contribution in [-0.4, -0.2) is 23.6 Å². The van der Waals surface area contributed by atoms with E-state index >= 15 is 0 Å². The third-order valence-electron chi connectivity index (χ3n) is 2.98. The lowest BCUT2D eigenvalue weighted by atomic mass is 10.3. The van der Waals surface area contributed by atoms with Gasteiger partial charge >= 0.3 is 5.97 Å². The molecule has 0 fully saturated rings. The van der Waals surface area contributed by atoms with E-state index in [0.29, 0.717) is 5.57 Å². The number of thioether (sulfide) groups is 2. The Morgan fingerprint density at radius 3 is 1.78 bits per heavy atom. The average molecular weight is 345 g/mol. The smallest absolute Gasteiger partial charge is 0.333 e. The first kappa shape index (κ1) is 17.7. The van der Waals surface area contributed by atoms with Gasteiger partial charge in [0.2, 0.25) is 0 Å². The topological polar surface area (TPSA) is 26.3 Å². The molecular weight excluding hydrogens is 324 g/mol. The zero-order valence-electron chi connectivity index (χ0n) is 13.1. The monoisotopic (exact) mass is 344 g/mol. The number of hydrogen-bond donors (Lipinski definition) is 0. The normalized spacial score (nSPS) is 10.5. The molecule has 0 bridgehead atoms. The van der Waals surface area contributed by atoms with E-state index in [0.717, 1.165) is 11.5 Å². The summed E-state index contributed by atoms with van der Waals surface area (Å²) in [6.45, 7) is 5.33. The van der Waals surface area contributed by atoms with Gasteiger partial charge in [-0.15, -0.1) is 23.5 Å². The van der Waals surface area contributed by atoms with Crippen molar-refractivity contribution < 1.29 is 9.53 Å². The van der Waals surface area contributed by atoms with Crippen LogP contribution >= 0.6 is 23.5 Å². The van der Waals surface area contributed by atoms with Crippen LogP contribution in [0.5, 0.6) is 0 Å². The van der Waals surface area contributed by atoms with Crippen LogP contribution in [0.25, 0.3) is 0 Å². The van der Waals surface area contributed by atoms with Crippen molar-refractivity contribution in [3.8, 4) is 0 Å². The minimum absolute atomic E-state index is 0.158. The highest BCUT2D eigenvalue weighted by Crippen LogP contribution is 2.24. The lowest BCUT2D eigenvalue weighted by Crippen LogP contribution is -2.23. The Balaban J connectivity index is 1.93. The predicted molar refractivity (Wildman–Crippen MR) is 99.0 cm³/mol. The molecule has 0 amide bonds. The van der Waals surface area contributed by atoms with Crippen LogP contribution in [0.4, 0.5) is 0 Å². The fourth-order valence-electron chi connectivity index (χ4n) is 1.78. The molecule has 0 atom stereocenters. The number of esters is 1. The van der Waals surface area contributed by atoms with E-state index in [4.69, 9.17) is 4.74 Å². The third-order valence-corrected chi connectivity index (χ3v) is 5.27. The Bertz CT molecular complexity index is 583. The summed E-state index contributed by atoms with van der Waals surface area (Å²) in [6.07, 6.45) is -0.158. The second-order valence-electron chi connectivity index (χ2n) is 5.06. The number of rotatable bonds is 8. The molecule has 4 heteroatoms. The molecule has 0 saturated carbocycles. The van der Waals surface area contributed by atoms with Gasteiger partial charge in [0, 0.05) is 26.9 Å². The quantitative estimate of drug-likeness (QED) is 0.380. The summed E-state index contributed by atoms with van der Waals surface area (Å²) in [5, 5.41) is 0. The standard InChI is InChI=1S/C19H20O2S2/c1-15(2)19(20)21-16(13-22-17-9-5-3-6-10-17)14-23-18-11-7-4-8-12-18/h3-12,16H,1,13-14H2,2H3. The molecule has 0 radical (unpaired) electrons. The average Bonchev–Trinajstić information content (AvgIpc) is 2.59. The molecule has 0 spiro atoms. The van der Waals surface area contributed by atoms with Crippen molar-refractivity contribution in [1.82, 2.24) is 0 Å². The number of carbonyl (C=O) groups excluding carboxylic acids is 1. The lowest BCUT2D eigenvalue weighted by molar-refractivity contribution is -0.142. The van der Waals surface area contributed by atoms with E-state index in [1.807, 2.05) is 36.4 Å². The van der Waals surface area contributed by atoms with E-state index in [1.165, 1.54) is 9.79 Å². The first-order valence-electron chi connectivity index (χ1n) is 7.37. The summed E-state index contributed by atoms with van der Waals surface area (Å²) < 4.78 is 5.58. The summed E-state index contributed by atoms with van der Waals surface area (Å²) in [5.74, 6) is 1.13. The van der Waals surface area contributed by atoms with E-state index in [1.54, 1.807) is 30.4 Å². The second-order valence-corrected chi connectivity index (χ2v) is 7.24. The first-order valence-corrected chi connectivity index (χ1v) is 9.34. The summed E-state index contributed by atoms with van der Waals surface area (Å²) in [7, 11) is 0. The minimum Gasteiger partial charge on any atom is -0.457 e. The molecule has 2 aromatic carbocycles. The van der Waals surface area contributed by atoms with Crippen molar-refractivity contribution in [2.45, 2.75) is 22.8 Å². The van der Waals surface area contributed by atoms with E-state index in [2.05, 4.69) is 30.8 Å². The van der Waals surface area contributed by atoms with Crippen molar-refractivity contribution in [2.75, 3.05) is 11.5 Å². The molecule has 23 heavy (non-hydrogen) atoms. The van der Waals surface area contributed by atoms with Crippen LogP contribution in [0.2, 0.25) is 0 Å². The van der Waals surface area contributed by atoms with Gasteiger partial charge in [-0.25, -0.2) is 4.79 Å². The van der Waals surface area contributed by atoms with Crippen LogP contribution in [0.15, 0.2) is 82.6 Å². The molecule has 0 heterocycles. The van der Waals surface area contributed by atoms with Gasteiger partial charge < -0.3 is 4.74 Å². The summed E-state index contributed by atoms with van der Waals surface area (Å²) in [6, 6.07) is 20.3. The minimum atomic E-state index is -0.322. The van der Waals surface area contributed by atoms with Gasteiger partial charge in [-0.2, -0.15) is 0 Å². The molecule has 0 saturated heterocycles. The summed E-state index contributed by atoms with van der Waals surface area (Å²) >= 11 is 3.39. The van der Waals surface area contributed by atoms with Crippen molar-refractivity contribution >= 4 is 29.5 Å². The fraction of sp³-hybridized carbons (Fsp3) is 0.211. The Labute approximate surface area is 146 Å². The molecule has 2 nitrogen and oxygen atoms in total. The van der Waals surface area contributed by atoms with Crippen LogP contribution in [0.1, 0.15) is 6.92 Å². The van der Waals surface area contributed by atoms with E-state index in [9.17, 15) is 4.79 Å². The second kappa shape index (κ2) is 9.48. The van der Waals surface area contributed by atoms with Gasteiger partial charge in [-0.3, -0.25) is 0 Å². The third kappa shape index (κ3) is 6.55.